The molecule has 2 N–H and O–H groups in total. The monoisotopic (exact) mass is 589 g/mol. The van der Waals surface area contributed by atoms with Crippen molar-refractivity contribution in [3.05, 3.63) is 45.5 Å². The van der Waals surface area contributed by atoms with Gasteiger partial charge in [0.2, 0.25) is 0 Å². The second-order valence-electron chi connectivity index (χ2n) is 10.00. The highest BCUT2D eigenvalue weighted by molar-refractivity contribution is 9.10. The number of nitrogens with one attached hydrogen (secondary N) is 1. The minimum atomic E-state index is -4.97. The fraction of sp³-hybridized carbons (Fsp3) is 0.577. The van der Waals surface area contributed by atoms with Crippen LogP contribution in [0, 0.1) is 5.92 Å². The van der Waals surface area contributed by atoms with E-state index in [1.165, 1.54) is 24.2 Å². The van der Waals surface area contributed by atoms with Crippen LogP contribution in [-0.4, -0.2) is 57.2 Å². The van der Waals surface area contributed by atoms with Crippen molar-refractivity contribution in [1.29, 1.82) is 0 Å². The van der Waals surface area contributed by atoms with E-state index in [-0.39, 0.29) is 23.2 Å². The summed E-state index contributed by atoms with van der Waals surface area (Å²) in [5, 5.41) is 9.74. The highest BCUT2D eigenvalue weighted by Gasteiger charge is 2.20. The zero-order chi connectivity index (χ0) is 27.7. The van der Waals surface area contributed by atoms with Crippen LogP contribution in [0.1, 0.15) is 58.1 Å². The molecule has 1 atom stereocenters. The van der Waals surface area contributed by atoms with Crippen molar-refractivity contribution in [3.63, 3.8) is 0 Å². The van der Waals surface area contributed by atoms with E-state index in [1.54, 1.807) is 19.9 Å². The summed E-state index contributed by atoms with van der Waals surface area (Å²) in [7, 11) is 0.509. The SMILES string of the molecule is COc1c(OS(=O)(=O)[O-])cc(C/C=C(\C)CCCC(C)C(=O)/C=C/C(C)(C)O)c(CC[NH+](C)C)c1Br. The van der Waals surface area contributed by atoms with Crippen molar-refractivity contribution in [2.75, 3.05) is 27.7 Å². The molecule has 0 aliphatic heterocycles. The highest BCUT2D eigenvalue weighted by atomic mass is 79.9. The molecule has 0 saturated carbocycles. The van der Waals surface area contributed by atoms with E-state index in [9.17, 15) is 22.9 Å². The molecule has 0 bridgehead atoms. The lowest BCUT2D eigenvalue weighted by atomic mass is 9.95. The van der Waals surface area contributed by atoms with Gasteiger partial charge in [-0.15, -0.1) is 0 Å². The summed E-state index contributed by atoms with van der Waals surface area (Å²) in [6, 6.07) is 1.55. The third-order valence-corrected chi connectivity index (χ3v) is 6.89. The van der Waals surface area contributed by atoms with Gasteiger partial charge in [0.15, 0.2) is 17.3 Å². The molecule has 36 heavy (non-hydrogen) atoms. The summed E-state index contributed by atoms with van der Waals surface area (Å²) in [4.78, 5) is 13.5. The zero-order valence-electron chi connectivity index (χ0n) is 22.3. The number of ketones is 1. The van der Waals surface area contributed by atoms with Gasteiger partial charge in [0.1, 0.15) is 0 Å². The molecule has 10 heteroatoms. The fourth-order valence-corrected chi connectivity index (χ4v) is 4.71. The smallest absolute Gasteiger partial charge is 0.262 e. The molecule has 0 aliphatic rings. The van der Waals surface area contributed by atoms with Crippen LogP contribution in [0.15, 0.2) is 34.3 Å². The van der Waals surface area contributed by atoms with Crippen LogP contribution in [0.5, 0.6) is 11.5 Å². The summed E-state index contributed by atoms with van der Waals surface area (Å²) < 4.78 is 44.4. The number of quaternary nitrogens is 1. The van der Waals surface area contributed by atoms with E-state index in [2.05, 4.69) is 26.2 Å². The number of methoxy groups -OCH3 is 1. The predicted octanol–water partition coefficient (Wildman–Crippen LogP) is 3.18. The molecule has 0 amide bonds. The van der Waals surface area contributed by atoms with Crippen LogP contribution < -0.4 is 13.8 Å². The van der Waals surface area contributed by atoms with E-state index in [1.807, 2.05) is 27.9 Å². The van der Waals surface area contributed by atoms with Crippen molar-refractivity contribution in [1.82, 2.24) is 0 Å². The Labute approximate surface area is 224 Å². The number of carbonyl (C=O) groups excluding carboxylic acids is 1. The maximum Gasteiger partial charge on any atom is 0.262 e. The fourth-order valence-electron chi connectivity index (χ4n) is 3.55. The number of hydrogen-bond donors (Lipinski definition) is 2. The molecule has 0 spiro atoms. The number of benzene rings is 1. The molecule has 0 saturated heterocycles. The first-order valence-corrected chi connectivity index (χ1v) is 14.1. The molecule has 0 aliphatic carbocycles. The topological polar surface area (TPSA) is 117 Å². The number of rotatable bonds is 15. The largest absolute Gasteiger partial charge is 0.716 e. The first-order chi connectivity index (χ1) is 16.5. The van der Waals surface area contributed by atoms with E-state index in [0.29, 0.717) is 17.3 Å². The van der Waals surface area contributed by atoms with Crippen molar-refractivity contribution in [2.24, 2.45) is 5.92 Å². The molecule has 1 rings (SSSR count). The summed E-state index contributed by atoms with van der Waals surface area (Å²) in [6.07, 6.45) is 8.62. The van der Waals surface area contributed by atoms with Gasteiger partial charge in [0, 0.05) is 12.3 Å². The quantitative estimate of drug-likeness (QED) is 0.140. The van der Waals surface area contributed by atoms with Crippen molar-refractivity contribution < 1.29 is 36.7 Å². The Kier molecular flexibility index (Phi) is 12.8. The Balaban J connectivity index is 3.02. The Hall–Kier alpha value is -1.72. The molecular formula is C26H40BrNO7S. The zero-order valence-corrected chi connectivity index (χ0v) is 24.7. The van der Waals surface area contributed by atoms with Gasteiger partial charge in [0.05, 0.1) is 37.8 Å². The molecule has 0 radical (unpaired) electrons. The molecule has 204 valence electrons. The van der Waals surface area contributed by atoms with Crippen molar-refractivity contribution in [2.45, 2.75) is 65.4 Å². The molecular weight excluding hydrogens is 550 g/mol. The molecule has 1 aromatic carbocycles. The van der Waals surface area contributed by atoms with Gasteiger partial charge in [-0.25, -0.2) is 8.42 Å². The van der Waals surface area contributed by atoms with Crippen LogP contribution in [0.3, 0.4) is 0 Å². The maximum absolute atomic E-state index is 12.2. The Morgan fingerprint density at radius 2 is 1.97 bits per heavy atom. The average molecular weight is 591 g/mol. The average Bonchev–Trinajstić information content (AvgIpc) is 2.73. The van der Waals surface area contributed by atoms with Gasteiger partial charge in [-0.2, -0.15) is 0 Å². The minimum absolute atomic E-state index is 0.00430. The molecule has 0 fully saturated rings. The molecule has 1 unspecified atom stereocenters. The van der Waals surface area contributed by atoms with Gasteiger partial charge in [-0.05, 0) is 85.7 Å². The number of halogens is 1. The van der Waals surface area contributed by atoms with Crippen LogP contribution in [0.2, 0.25) is 0 Å². The van der Waals surface area contributed by atoms with Crippen molar-refractivity contribution in [3.8, 4) is 11.5 Å². The van der Waals surface area contributed by atoms with Gasteiger partial charge >= 0.3 is 0 Å². The third-order valence-electron chi connectivity index (χ3n) is 5.67. The maximum atomic E-state index is 12.2. The normalized spacial score (nSPS) is 13.9. The molecule has 1 aromatic rings. The van der Waals surface area contributed by atoms with E-state index < -0.39 is 16.0 Å². The summed E-state index contributed by atoms with van der Waals surface area (Å²) in [5.41, 5.74) is 1.92. The van der Waals surface area contributed by atoms with Crippen LogP contribution in [-0.2, 0) is 28.0 Å². The van der Waals surface area contributed by atoms with E-state index in [0.717, 1.165) is 42.5 Å². The lowest BCUT2D eigenvalue weighted by Crippen LogP contribution is -3.06. The second-order valence-corrected chi connectivity index (χ2v) is 11.8. The van der Waals surface area contributed by atoms with Gasteiger partial charge in [-0.3, -0.25) is 4.79 Å². The predicted molar refractivity (Wildman–Crippen MR) is 143 cm³/mol. The standard InChI is InChI=1S/C26H40BrNO7S/c1-18(9-8-10-19(2)22(29)13-15-26(3,4)30)11-12-20-17-23(35-36(31,32)33)25(34-7)24(27)21(20)14-16-28(5)6/h11,13,15,17,19,30H,8-10,12,14,16H2,1-7H3,(H,31,32,33)/b15-13+,18-11+. The molecule has 0 aromatic heterocycles. The number of ether oxygens (including phenoxy) is 1. The second kappa shape index (κ2) is 14.3. The van der Waals surface area contributed by atoms with Crippen LogP contribution >= 0.6 is 15.9 Å². The Morgan fingerprint density at radius 1 is 1.33 bits per heavy atom. The Bertz CT molecular complexity index is 1060. The number of carbonyl (C=O) groups is 1. The first-order valence-electron chi connectivity index (χ1n) is 12.0. The summed E-state index contributed by atoms with van der Waals surface area (Å²) >= 11 is 3.52. The number of hydrogen-bond acceptors (Lipinski definition) is 7. The van der Waals surface area contributed by atoms with E-state index >= 15 is 0 Å². The number of allylic oxidation sites excluding steroid dienone is 3. The minimum Gasteiger partial charge on any atom is -0.716 e. The Morgan fingerprint density at radius 3 is 2.50 bits per heavy atom. The van der Waals surface area contributed by atoms with Crippen LogP contribution in [0.25, 0.3) is 0 Å². The third kappa shape index (κ3) is 12.0. The van der Waals surface area contributed by atoms with E-state index in [4.69, 9.17) is 4.74 Å². The number of likely N-dealkylation sites (N-methyl/N-ethyl adjacent to an activating group) is 1. The van der Waals surface area contributed by atoms with Crippen molar-refractivity contribution >= 4 is 32.1 Å². The number of aliphatic hydroxyl groups is 1. The highest BCUT2D eigenvalue weighted by Crippen LogP contribution is 2.41. The molecule has 0 heterocycles. The lowest BCUT2D eigenvalue weighted by Gasteiger charge is -2.19. The summed E-state index contributed by atoms with van der Waals surface area (Å²) in [5.74, 6) is -0.120. The van der Waals surface area contributed by atoms with Gasteiger partial charge in [0.25, 0.3) is 10.4 Å². The van der Waals surface area contributed by atoms with Gasteiger partial charge < -0.3 is 23.5 Å². The van der Waals surface area contributed by atoms with Crippen LogP contribution in [0.4, 0.5) is 0 Å². The summed E-state index contributed by atoms with van der Waals surface area (Å²) in [6.45, 7) is 7.99. The lowest BCUT2D eigenvalue weighted by molar-refractivity contribution is -0.858. The first kappa shape index (κ1) is 32.3. The van der Waals surface area contributed by atoms with Gasteiger partial charge in [-0.1, -0.05) is 24.6 Å². The molecule has 8 nitrogen and oxygen atoms in total.